The number of rotatable bonds is 5. The molecule has 0 radical (unpaired) electrons. The number of fused-ring (bicyclic) bond motifs is 1. The van der Waals surface area contributed by atoms with Crippen LogP contribution in [-0.4, -0.2) is 57.8 Å². The van der Waals surface area contributed by atoms with E-state index in [4.69, 9.17) is 9.47 Å². The molecular weight excluding hydrogens is 466 g/mol. The Kier molecular flexibility index (Phi) is 7.17. The highest BCUT2D eigenvalue weighted by atomic mass is 32.2. The number of hydrogen-bond donors (Lipinski definition) is 1. The zero-order valence-electron chi connectivity index (χ0n) is 20.9. The molecule has 2 aliphatic rings. The number of sulfonamides is 1. The highest BCUT2D eigenvalue weighted by Crippen LogP contribution is 2.35. The van der Waals surface area contributed by atoms with Gasteiger partial charge in [-0.2, -0.15) is 0 Å². The molecule has 8 nitrogen and oxygen atoms in total. The van der Waals surface area contributed by atoms with E-state index < -0.39 is 15.6 Å². The van der Waals surface area contributed by atoms with E-state index in [1.807, 2.05) is 45.0 Å². The molecule has 1 fully saturated rings. The Morgan fingerprint density at radius 1 is 1.06 bits per heavy atom. The summed E-state index contributed by atoms with van der Waals surface area (Å²) in [5, 5.41) is 3.46. The molecule has 0 spiro atoms. The molecule has 1 amide bonds. The number of aryl methyl sites for hydroxylation is 1. The Morgan fingerprint density at radius 2 is 1.77 bits per heavy atom. The van der Waals surface area contributed by atoms with E-state index in [0.29, 0.717) is 31.1 Å². The average molecular weight is 502 g/mol. The fourth-order valence-electron chi connectivity index (χ4n) is 4.59. The van der Waals surface area contributed by atoms with Crippen molar-refractivity contribution in [1.29, 1.82) is 0 Å². The van der Waals surface area contributed by atoms with Crippen molar-refractivity contribution >= 4 is 27.5 Å². The van der Waals surface area contributed by atoms with Crippen molar-refractivity contribution in [3.05, 3.63) is 48.0 Å². The van der Waals surface area contributed by atoms with Crippen LogP contribution in [0.3, 0.4) is 0 Å². The molecule has 2 aliphatic heterocycles. The van der Waals surface area contributed by atoms with Gasteiger partial charge in [-0.3, -0.25) is 4.31 Å². The van der Waals surface area contributed by atoms with Crippen LogP contribution in [0.15, 0.2) is 47.4 Å². The van der Waals surface area contributed by atoms with Gasteiger partial charge in [-0.1, -0.05) is 18.2 Å². The number of methoxy groups -OCH3 is 1. The van der Waals surface area contributed by atoms with Crippen molar-refractivity contribution in [1.82, 2.24) is 4.90 Å². The van der Waals surface area contributed by atoms with E-state index in [1.54, 1.807) is 30.2 Å². The van der Waals surface area contributed by atoms with Gasteiger partial charge >= 0.3 is 6.09 Å². The Hall–Kier alpha value is -2.94. The Morgan fingerprint density at radius 3 is 2.46 bits per heavy atom. The predicted octanol–water partition coefficient (Wildman–Crippen LogP) is 4.65. The summed E-state index contributed by atoms with van der Waals surface area (Å²) in [7, 11) is -2.16. The first-order valence-corrected chi connectivity index (χ1v) is 13.6. The van der Waals surface area contributed by atoms with Crippen LogP contribution in [0.25, 0.3) is 0 Å². The van der Waals surface area contributed by atoms with Crippen LogP contribution >= 0.6 is 0 Å². The minimum Gasteiger partial charge on any atom is -0.495 e. The number of amides is 1. The average Bonchev–Trinajstić information content (AvgIpc) is 2.83. The predicted molar refractivity (Wildman–Crippen MR) is 137 cm³/mol. The summed E-state index contributed by atoms with van der Waals surface area (Å²) in [5.41, 5.74) is 1.90. The number of likely N-dealkylation sites (tertiary alicyclic amines) is 1. The summed E-state index contributed by atoms with van der Waals surface area (Å²) >= 11 is 0. The van der Waals surface area contributed by atoms with Crippen LogP contribution in [0.2, 0.25) is 0 Å². The van der Waals surface area contributed by atoms with Crippen molar-refractivity contribution in [2.75, 3.05) is 36.4 Å². The largest absolute Gasteiger partial charge is 0.495 e. The summed E-state index contributed by atoms with van der Waals surface area (Å²) in [5.74, 6) is 0.581. The molecule has 1 N–H and O–H groups in total. The van der Waals surface area contributed by atoms with Crippen LogP contribution in [0.5, 0.6) is 5.75 Å². The van der Waals surface area contributed by atoms with Crippen molar-refractivity contribution < 1.29 is 22.7 Å². The number of carbonyl (C=O) groups is 1. The highest BCUT2D eigenvalue weighted by molar-refractivity contribution is 7.92. The van der Waals surface area contributed by atoms with Crippen molar-refractivity contribution in [2.45, 2.75) is 63.0 Å². The fourth-order valence-corrected chi connectivity index (χ4v) is 6.16. The maximum absolute atomic E-state index is 13.6. The molecule has 35 heavy (non-hydrogen) atoms. The van der Waals surface area contributed by atoms with Gasteiger partial charge in [0.15, 0.2) is 0 Å². The maximum atomic E-state index is 13.6. The molecule has 4 rings (SSSR count). The van der Waals surface area contributed by atoms with Gasteiger partial charge in [0.25, 0.3) is 10.0 Å². The number of nitrogens with one attached hydrogen (secondary N) is 1. The molecule has 190 valence electrons. The van der Waals surface area contributed by atoms with Crippen molar-refractivity contribution in [3.8, 4) is 5.75 Å². The maximum Gasteiger partial charge on any atom is 0.410 e. The van der Waals surface area contributed by atoms with E-state index in [9.17, 15) is 13.2 Å². The van der Waals surface area contributed by atoms with Crippen molar-refractivity contribution in [3.63, 3.8) is 0 Å². The second-order valence-electron chi connectivity index (χ2n) is 10.1. The minimum atomic E-state index is -3.73. The molecule has 2 heterocycles. The Bertz CT molecular complexity index is 1170. The summed E-state index contributed by atoms with van der Waals surface area (Å²) < 4.78 is 39.8. The number of para-hydroxylation sites is 1. The third kappa shape index (κ3) is 5.66. The number of nitrogens with zero attached hydrogens (tertiary/aromatic N) is 2. The van der Waals surface area contributed by atoms with E-state index in [2.05, 4.69) is 5.32 Å². The van der Waals surface area contributed by atoms with Gasteiger partial charge in [0.05, 0.1) is 23.4 Å². The zero-order valence-corrected chi connectivity index (χ0v) is 21.7. The summed E-state index contributed by atoms with van der Waals surface area (Å²) in [6.45, 7) is 7.16. The van der Waals surface area contributed by atoms with Crippen LogP contribution in [0.4, 0.5) is 16.2 Å². The lowest BCUT2D eigenvalue weighted by Crippen LogP contribution is -2.44. The smallest absolute Gasteiger partial charge is 0.410 e. The second-order valence-corrected chi connectivity index (χ2v) is 11.9. The lowest BCUT2D eigenvalue weighted by atomic mass is 10.0. The Labute approximate surface area is 208 Å². The SMILES string of the molecule is COc1ccc(S(=O)(=O)N2CCCc3ccccc32)cc1NC1CCN(C(=O)OC(C)(C)C)CC1. The third-order valence-corrected chi connectivity index (χ3v) is 8.14. The second kappa shape index (κ2) is 9.97. The first-order chi connectivity index (χ1) is 16.6. The van der Waals surface area contributed by atoms with Gasteiger partial charge in [-0.25, -0.2) is 13.2 Å². The normalized spacial score (nSPS) is 17.0. The van der Waals surface area contributed by atoms with Crippen LogP contribution in [-0.2, 0) is 21.2 Å². The monoisotopic (exact) mass is 501 g/mol. The van der Waals surface area contributed by atoms with Gasteiger partial charge in [-0.15, -0.1) is 0 Å². The molecule has 9 heteroatoms. The quantitative estimate of drug-likeness (QED) is 0.642. The molecule has 0 bridgehead atoms. The molecule has 0 aliphatic carbocycles. The van der Waals surface area contributed by atoms with Crippen molar-refractivity contribution in [2.24, 2.45) is 0 Å². The lowest BCUT2D eigenvalue weighted by molar-refractivity contribution is 0.0210. The molecule has 0 saturated carbocycles. The van der Waals surface area contributed by atoms with Crippen LogP contribution in [0, 0.1) is 0 Å². The lowest BCUT2D eigenvalue weighted by Gasteiger charge is -2.34. The van der Waals surface area contributed by atoms with E-state index in [0.717, 1.165) is 36.9 Å². The zero-order chi connectivity index (χ0) is 25.2. The molecule has 0 atom stereocenters. The van der Waals surface area contributed by atoms with Gasteiger partial charge in [0, 0.05) is 25.7 Å². The van der Waals surface area contributed by atoms with E-state index in [-0.39, 0.29) is 17.0 Å². The van der Waals surface area contributed by atoms with Crippen LogP contribution < -0.4 is 14.4 Å². The van der Waals surface area contributed by atoms with Gasteiger partial charge in [-0.05, 0) is 76.3 Å². The summed E-state index contributed by atoms with van der Waals surface area (Å²) in [6.07, 6.45) is 2.80. The highest BCUT2D eigenvalue weighted by Gasteiger charge is 2.31. The minimum absolute atomic E-state index is 0.0799. The van der Waals surface area contributed by atoms with Gasteiger partial charge in [0.1, 0.15) is 11.4 Å². The fraction of sp³-hybridized carbons (Fsp3) is 0.500. The number of benzene rings is 2. The molecule has 2 aromatic rings. The topological polar surface area (TPSA) is 88.2 Å². The molecule has 2 aromatic carbocycles. The first kappa shape index (κ1) is 25.2. The van der Waals surface area contributed by atoms with Gasteiger partial charge in [0.2, 0.25) is 0 Å². The summed E-state index contributed by atoms with van der Waals surface area (Å²) in [6, 6.07) is 12.7. The van der Waals surface area contributed by atoms with Crippen LogP contribution in [0.1, 0.15) is 45.6 Å². The Balaban J connectivity index is 1.50. The number of ether oxygens (including phenoxy) is 2. The molecular formula is C26H35N3O5S. The summed E-state index contributed by atoms with van der Waals surface area (Å²) in [4.78, 5) is 14.3. The van der Waals surface area contributed by atoms with E-state index >= 15 is 0 Å². The standard InChI is InChI=1S/C26H35N3O5S/c1-26(2,3)34-25(30)28-16-13-20(14-17-28)27-22-18-21(11-12-24(22)33-4)35(31,32)29-15-7-9-19-8-5-6-10-23(19)29/h5-6,8,10-12,18,20,27H,7,9,13-17H2,1-4H3. The molecule has 0 aromatic heterocycles. The molecule has 0 unspecified atom stereocenters. The number of hydrogen-bond acceptors (Lipinski definition) is 6. The van der Waals surface area contributed by atoms with E-state index in [1.165, 1.54) is 4.31 Å². The third-order valence-electron chi connectivity index (χ3n) is 6.33. The molecule has 1 saturated heterocycles. The number of piperidine rings is 1. The first-order valence-electron chi connectivity index (χ1n) is 12.1. The number of anilines is 2. The number of carbonyl (C=O) groups excluding carboxylic acids is 1. The van der Waals surface area contributed by atoms with Gasteiger partial charge < -0.3 is 19.7 Å².